The second kappa shape index (κ2) is 7.44. The average Bonchev–Trinajstić information content (AvgIpc) is 2.60. The molecule has 2 aromatic rings. The van der Waals surface area contributed by atoms with E-state index in [1.165, 1.54) is 18.3 Å². The Morgan fingerprint density at radius 1 is 1.19 bits per heavy atom. The summed E-state index contributed by atoms with van der Waals surface area (Å²) in [5.41, 5.74) is 0.0443. The molecule has 3 rings (SSSR count). The molecule has 6 nitrogen and oxygen atoms in total. The van der Waals surface area contributed by atoms with Gasteiger partial charge in [0.15, 0.2) is 6.10 Å². The second-order valence-corrected chi connectivity index (χ2v) is 7.22. The predicted octanol–water partition coefficient (Wildman–Crippen LogP) is 3.62. The van der Waals surface area contributed by atoms with Crippen molar-refractivity contribution in [1.29, 1.82) is 0 Å². The van der Waals surface area contributed by atoms with Crippen LogP contribution in [0.5, 0.6) is 0 Å². The molecule has 1 saturated heterocycles. The van der Waals surface area contributed by atoms with Crippen LogP contribution in [0.4, 0.5) is 9.18 Å². The van der Waals surface area contributed by atoms with Gasteiger partial charge < -0.3 is 9.47 Å². The molecule has 2 amide bonds. The van der Waals surface area contributed by atoms with Crippen molar-refractivity contribution in [3.63, 3.8) is 0 Å². The van der Waals surface area contributed by atoms with Crippen molar-refractivity contribution in [2.45, 2.75) is 45.1 Å². The number of hydrogen-bond donors (Lipinski definition) is 0. The van der Waals surface area contributed by atoms with Crippen LogP contribution in [0.1, 0.15) is 38.1 Å². The van der Waals surface area contributed by atoms with Crippen LogP contribution in [0.3, 0.4) is 0 Å². The summed E-state index contributed by atoms with van der Waals surface area (Å²) in [5.74, 6) is -1.19. The van der Waals surface area contributed by atoms with Crippen molar-refractivity contribution in [1.82, 2.24) is 9.88 Å². The molecule has 0 radical (unpaired) electrons. The number of amides is 2. The number of pyridine rings is 1. The fourth-order valence-electron chi connectivity index (χ4n) is 2.78. The maximum atomic E-state index is 14.3. The van der Waals surface area contributed by atoms with E-state index in [1.807, 2.05) is 30.3 Å². The van der Waals surface area contributed by atoms with Crippen LogP contribution in [0.15, 0.2) is 48.7 Å². The van der Waals surface area contributed by atoms with Crippen LogP contribution in [-0.4, -0.2) is 33.6 Å². The molecule has 0 bridgehead atoms. The monoisotopic (exact) mass is 372 g/mol. The molecular formula is C20H21FN2O4. The molecule has 0 unspecified atom stereocenters. The summed E-state index contributed by atoms with van der Waals surface area (Å²) in [6.45, 7) is 5.23. The van der Waals surface area contributed by atoms with Crippen LogP contribution in [0.2, 0.25) is 0 Å². The van der Waals surface area contributed by atoms with Gasteiger partial charge in [-0.1, -0.05) is 30.3 Å². The highest BCUT2D eigenvalue weighted by molar-refractivity contribution is 6.01. The minimum absolute atomic E-state index is 0.0268. The smallest absolute Gasteiger partial charge is 0.417 e. The highest BCUT2D eigenvalue weighted by Gasteiger charge is 2.55. The van der Waals surface area contributed by atoms with Gasteiger partial charge in [0.25, 0.3) is 5.91 Å². The third kappa shape index (κ3) is 4.14. The first-order valence-electron chi connectivity index (χ1n) is 8.60. The second-order valence-electron chi connectivity index (χ2n) is 7.22. The molecular weight excluding hydrogens is 351 g/mol. The standard InChI is InChI=1S/C20H21FN2O4/c1-20(2,3)27-19(25)23-16(15-14(21)10-7-11-22-15)17(18(23)24)26-12-13-8-5-4-6-9-13/h4-11,16-17H,12H2,1-3H3/t16-,17+/m0/s1. The number of imide groups is 1. The van der Waals surface area contributed by atoms with E-state index in [4.69, 9.17) is 9.47 Å². The summed E-state index contributed by atoms with van der Waals surface area (Å²) < 4.78 is 25.3. The number of carbonyl (C=O) groups excluding carboxylic acids is 2. The number of carbonyl (C=O) groups is 2. The maximum absolute atomic E-state index is 14.3. The van der Waals surface area contributed by atoms with Gasteiger partial charge >= 0.3 is 6.09 Å². The Kier molecular flexibility index (Phi) is 5.23. The number of benzene rings is 1. The molecule has 142 valence electrons. The summed E-state index contributed by atoms with van der Waals surface area (Å²) in [6, 6.07) is 11.0. The number of rotatable bonds is 4. The Bertz CT molecular complexity index is 835. The zero-order chi connectivity index (χ0) is 19.6. The van der Waals surface area contributed by atoms with E-state index >= 15 is 0 Å². The molecule has 7 heteroatoms. The Hall–Kier alpha value is -2.80. The van der Waals surface area contributed by atoms with Crippen molar-refractivity contribution >= 4 is 12.0 Å². The Balaban J connectivity index is 1.83. The fraction of sp³-hybridized carbons (Fsp3) is 0.350. The van der Waals surface area contributed by atoms with Gasteiger partial charge in [-0.3, -0.25) is 9.78 Å². The molecule has 1 aliphatic rings. The Labute approximate surface area is 156 Å². The van der Waals surface area contributed by atoms with E-state index in [1.54, 1.807) is 20.8 Å². The van der Waals surface area contributed by atoms with Gasteiger partial charge in [0.2, 0.25) is 0 Å². The molecule has 1 aliphatic heterocycles. The number of hydrogen-bond acceptors (Lipinski definition) is 5. The molecule has 2 atom stereocenters. The van der Waals surface area contributed by atoms with Gasteiger partial charge in [-0.05, 0) is 38.5 Å². The van der Waals surface area contributed by atoms with Crippen molar-refractivity contribution in [2.24, 2.45) is 0 Å². The molecule has 1 fully saturated rings. The zero-order valence-electron chi connectivity index (χ0n) is 15.4. The van der Waals surface area contributed by atoms with Crippen molar-refractivity contribution in [2.75, 3.05) is 0 Å². The van der Waals surface area contributed by atoms with E-state index in [9.17, 15) is 14.0 Å². The van der Waals surface area contributed by atoms with E-state index in [2.05, 4.69) is 4.98 Å². The Morgan fingerprint density at radius 2 is 1.89 bits per heavy atom. The summed E-state index contributed by atoms with van der Waals surface area (Å²) in [7, 11) is 0. The van der Waals surface area contributed by atoms with E-state index in [0.717, 1.165) is 10.5 Å². The molecule has 27 heavy (non-hydrogen) atoms. The van der Waals surface area contributed by atoms with Gasteiger partial charge in [-0.25, -0.2) is 14.1 Å². The lowest BCUT2D eigenvalue weighted by atomic mass is 9.94. The van der Waals surface area contributed by atoms with Crippen LogP contribution in [0.25, 0.3) is 0 Å². The number of likely N-dealkylation sites (tertiary alicyclic amines) is 1. The van der Waals surface area contributed by atoms with Crippen LogP contribution in [-0.2, 0) is 20.9 Å². The largest absolute Gasteiger partial charge is 0.443 e. The molecule has 2 heterocycles. The number of β-lactam (4-membered cyclic amide) rings is 1. The third-order valence-corrected chi connectivity index (χ3v) is 3.98. The highest BCUT2D eigenvalue weighted by Crippen LogP contribution is 2.38. The maximum Gasteiger partial charge on any atom is 0.417 e. The normalized spacial score (nSPS) is 19.6. The molecule has 0 saturated carbocycles. The number of halogens is 1. The van der Waals surface area contributed by atoms with Crippen molar-refractivity contribution in [3.8, 4) is 0 Å². The predicted molar refractivity (Wildman–Crippen MR) is 95.0 cm³/mol. The molecule has 0 aliphatic carbocycles. The van der Waals surface area contributed by atoms with Gasteiger partial charge in [0, 0.05) is 6.20 Å². The lowest BCUT2D eigenvalue weighted by Crippen LogP contribution is -2.63. The molecule has 1 aromatic heterocycles. The lowest BCUT2D eigenvalue weighted by molar-refractivity contribution is -0.174. The topological polar surface area (TPSA) is 68.7 Å². The summed E-state index contributed by atoms with van der Waals surface area (Å²) >= 11 is 0. The van der Waals surface area contributed by atoms with Crippen LogP contribution in [0, 0.1) is 5.82 Å². The number of ether oxygens (including phenoxy) is 2. The third-order valence-electron chi connectivity index (χ3n) is 3.98. The SMILES string of the molecule is CC(C)(C)OC(=O)N1C(=O)[C@H](OCc2ccccc2)[C@@H]1c1ncccc1F. The lowest BCUT2D eigenvalue weighted by Gasteiger charge is -2.44. The summed E-state index contributed by atoms with van der Waals surface area (Å²) in [4.78, 5) is 29.9. The molecule has 1 aromatic carbocycles. The van der Waals surface area contributed by atoms with E-state index in [0.29, 0.717) is 0 Å². The quantitative estimate of drug-likeness (QED) is 0.767. The van der Waals surface area contributed by atoms with Gasteiger partial charge in [-0.2, -0.15) is 0 Å². The van der Waals surface area contributed by atoms with Crippen molar-refractivity contribution in [3.05, 3.63) is 65.7 Å². The van der Waals surface area contributed by atoms with Crippen molar-refractivity contribution < 1.29 is 23.5 Å². The number of nitrogens with zero attached hydrogens (tertiary/aromatic N) is 2. The highest BCUT2D eigenvalue weighted by atomic mass is 19.1. The minimum Gasteiger partial charge on any atom is -0.443 e. The van der Waals surface area contributed by atoms with Gasteiger partial charge in [-0.15, -0.1) is 0 Å². The first-order chi connectivity index (χ1) is 12.8. The Morgan fingerprint density at radius 3 is 2.52 bits per heavy atom. The van der Waals surface area contributed by atoms with Gasteiger partial charge in [0.1, 0.15) is 23.2 Å². The number of aromatic nitrogens is 1. The van der Waals surface area contributed by atoms with Crippen LogP contribution < -0.4 is 0 Å². The summed E-state index contributed by atoms with van der Waals surface area (Å²) in [6.07, 6.45) is -0.452. The average molecular weight is 372 g/mol. The molecule has 0 spiro atoms. The van der Waals surface area contributed by atoms with E-state index in [-0.39, 0.29) is 12.3 Å². The zero-order valence-corrected chi connectivity index (χ0v) is 15.4. The fourth-order valence-corrected chi connectivity index (χ4v) is 2.78. The minimum atomic E-state index is -1.01. The van der Waals surface area contributed by atoms with E-state index < -0.39 is 35.6 Å². The molecule has 0 N–H and O–H groups in total. The first-order valence-corrected chi connectivity index (χ1v) is 8.60. The first kappa shape index (κ1) is 19.0. The van der Waals surface area contributed by atoms with Gasteiger partial charge in [0.05, 0.1) is 6.61 Å². The summed E-state index contributed by atoms with van der Waals surface area (Å²) in [5, 5.41) is 0. The van der Waals surface area contributed by atoms with Crippen LogP contribution >= 0.6 is 0 Å².